The maximum absolute atomic E-state index is 6.71. The molecule has 1 fully saturated rings. The third kappa shape index (κ3) is 2.78. The van der Waals surface area contributed by atoms with E-state index in [-0.39, 0.29) is 11.8 Å². The van der Waals surface area contributed by atoms with E-state index in [1.807, 2.05) is 12.1 Å². The summed E-state index contributed by atoms with van der Waals surface area (Å²) in [5.41, 5.74) is 8.27. The van der Waals surface area contributed by atoms with Crippen molar-refractivity contribution < 1.29 is 9.47 Å². The molecular weight excluding hydrogens is 348 g/mol. The third-order valence-corrected chi connectivity index (χ3v) is 6.52. The van der Waals surface area contributed by atoms with Crippen molar-refractivity contribution in [2.75, 3.05) is 7.11 Å². The first-order chi connectivity index (χ1) is 13.6. The molecule has 1 saturated carbocycles. The molecule has 0 aromatic heterocycles. The van der Waals surface area contributed by atoms with Gasteiger partial charge >= 0.3 is 0 Å². The lowest BCUT2D eigenvalue weighted by molar-refractivity contribution is -0.155. The van der Waals surface area contributed by atoms with Gasteiger partial charge in [-0.3, -0.25) is 0 Å². The van der Waals surface area contributed by atoms with Gasteiger partial charge in [0.25, 0.3) is 0 Å². The maximum atomic E-state index is 6.71. The number of ether oxygens (including phenoxy) is 2. The predicted molar refractivity (Wildman–Crippen MR) is 111 cm³/mol. The van der Waals surface area contributed by atoms with E-state index in [0.29, 0.717) is 0 Å². The Labute approximate surface area is 167 Å². The van der Waals surface area contributed by atoms with Crippen molar-refractivity contribution in [3.8, 4) is 11.5 Å². The number of hydrogen-bond donors (Lipinski definition) is 1. The van der Waals surface area contributed by atoms with Gasteiger partial charge in [0.2, 0.25) is 0 Å². The predicted octanol–water partition coefficient (Wildman–Crippen LogP) is 5.20. The fourth-order valence-electron chi connectivity index (χ4n) is 4.79. The van der Waals surface area contributed by atoms with Crippen LogP contribution in [0.4, 0.5) is 0 Å². The van der Waals surface area contributed by atoms with Crippen LogP contribution in [0.2, 0.25) is 0 Å². The fourth-order valence-corrected chi connectivity index (χ4v) is 4.79. The second kappa shape index (κ2) is 6.56. The number of aryl methyl sites for hydroxylation is 1. The standard InChI is InChI=1S/C24H28N2O2/c1-16-10-12-24(13-11-16)26-22(20-14-17(2)4-9-23(20)28-24)15-21(25-26)18-5-7-19(27-3)8-6-18/h4-9,14-16,22,25H,10-13H2,1-3H3/t16?,22-,24?/m0/s1. The molecule has 0 bridgehead atoms. The summed E-state index contributed by atoms with van der Waals surface area (Å²) >= 11 is 0. The van der Waals surface area contributed by atoms with Gasteiger partial charge in [0.05, 0.1) is 18.8 Å². The molecule has 2 heterocycles. The number of nitrogens with zero attached hydrogens (tertiary/aromatic N) is 1. The zero-order valence-electron chi connectivity index (χ0n) is 16.9. The Kier molecular flexibility index (Phi) is 4.13. The van der Waals surface area contributed by atoms with Crippen LogP contribution in [-0.4, -0.2) is 17.8 Å². The number of benzene rings is 2. The number of hydrogen-bond acceptors (Lipinski definition) is 4. The zero-order chi connectivity index (χ0) is 19.3. The number of nitrogens with one attached hydrogen (secondary N) is 1. The van der Waals surface area contributed by atoms with E-state index in [0.717, 1.165) is 36.0 Å². The molecule has 1 atom stereocenters. The molecule has 5 rings (SSSR count). The van der Waals surface area contributed by atoms with Gasteiger partial charge in [-0.05, 0) is 67.7 Å². The molecule has 4 nitrogen and oxygen atoms in total. The SMILES string of the molecule is COc1ccc(C2=C[C@H]3c4cc(C)ccc4OC4(CCC(C)CC4)N3N2)cc1. The summed E-state index contributed by atoms with van der Waals surface area (Å²) < 4.78 is 12.0. The first-order valence-corrected chi connectivity index (χ1v) is 10.3. The van der Waals surface area contributed by atoms with Gasteiger partial charge < -0.3 is 14.9 Å². The molecule has 1 spiro atoms. The monoisotopic (exact) mass is 376 g/mol. The first kappa shape index (κ1) is 17.6. The molecule has 146 valence electrons. The van der Waals surface area contributed by atoms with Crippen molar-refractivity contribution in [3.05, 3.63) is 65.2 Å². The van der Waals surface area contributed by atoms with E-state index < -0.39 is 0 Å². The second-order valence-corrected chi connectivity index (χ2v) is 8.51. The Hall–Kier alpha value is -2.46. The minimum Gasteiger partial charge on any atom is -0.497 e. The maximum Gasteiger partial charge on any atom is 0.180 e. The van der Waals surface area contributed by atoms with E-state index in [1.165, 1.54) is 29.5 Å². The smallest absolute Gasteiger partial charge is 0.180 e. The van der Waals surface area contributed by atoms with Gasteiger partial charge in [-0.15, -0.1) is 0 Å². The Morgan fingerprint density at radius 3 is 2.57 bits per heavy atom. The largest absolute Gasteiger partial charge is 0.497 e. The summed E-state index contributed by atoms with van der Waals surface area (Å²) in [6.45, 7) is 4.50. The Morgan fingerprint density at radius 2 is 1.86 bits per heavy atom. The number of rotatable bonds is 2. The lowest BCUT2D eigenvalue weighted by Crippen LogP contribution is -2.60. The van der Waals surface area contributed by atoms with E-state index in [9.17, 15) is 0 Å². The van der Waals surface area contributed by atoms with Crippen LogP contribution in [0.15, 0.2) is 48.5 Å². The fraction of sp³-hybridized carbons (Fsp3) is 0.417. The highest BCUT2D eigenvalue weighted by Gasteiger charge is 2.51. The van der Waals surface area contributed by atoms with Crippen molar-refractivity contribution in [2.45, 2.75) is 51.3 Å². The topological polar surface area (TPSA) is 33.7 Å². The lowest BCUT2D eigenvalue weighted by atomic mass is 9.82. The molecule has 1 N–H and O–H groups in total. The average molecular weight is 377 g/mol. The van der Waals surface area contributed by atoms with Crippen LogP contribution in [0.25, 0.3) is 5.70 Å². The first-order valence-electron chi connectivity index (χ1n) is 10.3. The van der Waals surface area contributed by atoms with Gasteiger partial charge in [-0.2, -0.15) is 5.01 Å². The highest BCUT2D eigenvalue weighted by Crippen LogP contribution is 2.50. The molecule has 0 radical (unpaired) electrons. The van der Waals surface area contributed by atoms with Crippen molar-refractivity contribution in [3.63, 3.8) is 0 Å². The highest BCUT2D eigenvalue weighted by molar-refractivity contribution is 5.68. The minimum absolute atomic E-state index is 0.189. The van der Waals surface area contributed by atoms with Crippen LogP contribution in [-0.2, 0) is 0 Å². The van der Waals surface area contributed by atoms with Crippen LogP contribution in [0.5, 0.6) is 11.5 Å². The van der Waals surface area contributed by atoms with Crippen LogP contribution >= 0.6 is 0 Å². The molecule has 2 aromatic carbocycles. The summed E-state index contributed by atoms with van der Waals surface area (Å²) in [6.07, 6.45) is 6.85. The van der Waals surface area contributed by atoms with Crippen LogP contribution in [0, 0.1) is 12.8 Å². The van der Waals surface area contributed by atoms with Gasteiger partial charge in [0.1, 0.15) is 11.5 Å². The number of methoxy groups -OCH3 is 1. The van der Waals surface area contributed by atoms with Gasteiger partial charge in [0.15, 0.2) is 5.72 Å². The van der Waals surface area contributed by atoms with E-state index >= 15 is 0 Å². The van der Waals surface area contributed by atoms with E-state index in [2.05, 4.69) is 60.7 Å². The van der Waals surface area contributed by atoms with Crippen molar-refractivity contribution in [1.29, 1.82) is 0 Å². The van der Waals surface area contributed by atoms with Gasteiger partial charge in [0, 0.05) is 18.4 Å². The molecular formula is C24H28N2O2. The molecule has 2 aliphatic heterocycles. The van der Waals surface area contributed by atoms with E-state index in [1.54, 1.807) is 7.11 Å². The summed E-state index contributed by atoms with van der Waals surface area (Å²) in [4.78, 5) is 0. The Morgan fingerprint density at radius 1 is 1.11 bits per heavy atom. The van der Waals surface area contributed by atoms with Crippen LogP contribution < -0.4 is 14.9 Å². The van der Waals surface area contributed by atoms with Crippen LogP contribution in [0.1, 0.15) is 55.3 Å². The van der Waals surface area contributed by atoms with Gasteiger partial charge in [-0.25, -0.2) is 0 Å². The molecule has 1 aliphatic carbocycles. The lowest BCUT2D eigenvalue weighted by Gasteiger charge is -2.51. The summed E-state index contributed by atoms with van der Waals surface area (Å²) in [7, 11) is 1.70. The summed E-state index contributed by atoms with van der Waals surface area (Å²) in [6, 6.07) is 15.0. The second-order valence-electron chi connectivity index (χ2n) is 8.51. The summed E-state index contributed by atoms with van der Waals surface area (Å²) in [5, 5.41) is 2.38. The highest BCUT2D eigenvalue weighted by atomic mass is 16.5. The molecule has 0 unspecified atom stereocenters. The Balaban J connectivity index is 1.55. The molecule has 2 aromatic rings. The van der Waals surface area contributed by atoms with Crippen molar-refractivity contribution in [1.82, 2.24) is 10.4 Å². The molecule has 0 amide bonds. The third-order valence-electron chi connectivity index (χ3n) is 6.52. The molecule has 3 aliphatic rings. The quantitative estimate of drug-likeness (QED) is 0.781. The van der Waals surface area contributed by atoms with Gasteiger partial charge in [-0.1, -0.05) is 24.6 Å². The van der Waals surface area contributed by atoms with Crippen molar-refractivity contribution >= 4 is 5.70 Å². The number of fused-ring (bicyclic) bond motifs is 4. The summed E-state index contributed by atoms with van der Waals surface area (Å²) in [5.74, 6) is 2.68. The van der Waals surface area contributed by atoms with Crippen LogP contribution in [0.3, 0.4) is 0 Å². The molecule has 28 heavy (non-hydrogen) atoms. The molecule has 4 heteroatoms. The molecule has 0 saturated heterocycles. The normalized spacial score (nSPS) is 28.8. The Bertz CT molecular complexity index is 911. The van der Waals surface area contributed by atoms with Crippen molar-refractivity contribution in [2.24, 2.45) is 5.92 Å². The number of hydrazine groups is 1. The minimum atomic E-state index is -0.274. The zero-order valence-corrected chi connectivity index (χ0v) is 16.9. The van der Waals surface area contributed by atoms with E-state index in [4.69, 9.17) is 9.47 Å². The average Bonchev–Trinajstić information content (AvgIpc) is 3.18.